The highest BCUT2D eigenvalue weighted by molar-refractivity contribution is 5.94. The average molecular weight is 504 g/mol. The maximum absolute atomic E-state index is 9.55. The van der Waals surface area contributed by atoms with Crippen molar-refractivity contribution in [3.8, 4) is 5.75 Å². The Labute approximate surface area is 217 Å². The molecule has 0 atom stereocenters. The van der Waals surface area contributed by atoms with Crippen molar-refractivity contribution >= 4 is 34.1 Å². The van der Waals surface area contributed by atoms with Crippen molar-refractivity contribution in [3.05, 3.63) is 84.6 Å². The second kappa shape index (κ2) is 13.8. The number of ether oxygens (including phenoxy) is 1. The van der Waals surface area contributed by atoms with Crippen molar-refractivity contribution in [1.29, 1.82) is 0 Å². The van der Waals surface area contributed by atoms with Gasteiger partial charge in [0, 0.05) is 51.6 Å². The maximum atomic E-state index is 9.55. The van der Waals surface area contributed by atoms with Crippen LogP contribution in [0, 0.1) is 0 Å². The fourth-order valence-corrected chi connectivity index (χ4v) is 4.27. The zero-order chi connectivity index (χ0) is 26.6. The summed E-state index contributed by atoms with van der Waals surface area (Å²) in [6, 6.07) is 19.2. The summed E-state index contributed by atoms with van der Waals surface area (Å²) in [7, 11) is 3.78. The Bertz CT molecular complexity index is 1250. The van der Waals surface area contributed by atoms with E-state index in [-0.39, 0.29) is 0 Å². The van der Waals surface area contributed by atoms with E-state index in [2.05, 4.69) is 70.4 Å². The molecule has 4 rings (SSSR count). The Morgan fingerprint density at radius 3 is 2.46 bits per heavy atom. The molecule has 2 N–H and O–H groups in total. The third kappa shape index (κ3) is 8.18. The molecule has 194 valence electrons. The van der Waals surface area contributed by atoms with Crippen molar-refractivity contribution in [2.24, 2.45) is 0 Å². The Balaban J connectivity index is 0.000000414. The van der Waals surface area contributed by atoms with Crippen LogP contribution < -0.4 is 9.64 Å². The van der Waals surface area contributed by atoms with Crippen molar-refractivity contribution < 1.29 is 24.5 Å². The lowest BCUT2D eigenvalue weighted by Crippen LogP contribution is -2.32. The predicted molar refractivity (Wildman–Crippen MR) is 146 cm³/mol. The molecule has 0 aliphatic carbocycles. The molecule has 2 aromatic carbocycles. The van der Waals surface area contributed by atoms with Crippen LogP contribution in [-0.4, -0.2) is 72.4 Å². The lowest BCUT2D eigenvalue weighted by atomic mass is 9.94. The first kappa shape index (κ1) is 27.4. The van der Waals surface area contributed by atoms with E-state index >= 15 is 0 Å². The molecule has 0 spiro atoms. The molecule has 0 amide bonds. The fraction of sp³-hybridized carbons (Fsp3) is 0.276. The SMILES string of the molecule is COc1cccnc1N(C)CCCN1CC=C(c2cccc3ccccc23)CC1.O=C(O)/C=C/C(=O)O. The topological polar surface area (TPSA) is 103 Å². The summed E-state index contributed by atoms with van der Waals surface area (Å²) < 4.78 is 5.42. The number of anilines is 1. The molecule has 37 heavy (non-hydrogen) atoms. The van der Waals surface area contributed by atoms with E-state index in [1.807, 2.05) is 18.3 Å². The molecule has 2 heterocycles. The number of pyridine rings is 1. The van der Waals surface area contributed by atoms with Crippen LogP contribution >= 0.6 is 0 Å². The minimum atomic E-state index is -1.26. The Morgan fingerprint density at radius 1 is 1.05 bits per heavy atom. The molecular formula is C29H33N3O5. The summed E-state index contributed by atoms with van der Waals surface area (Å²) in [5.74, 6) is -0.776. The van der Waals surface area contributed by atoms with Gasteiger partial charge in [0.05, 0.1) is 7.11 Å². The van der Waals surface area contributed by atoms with Crippen LogP contribution in [0.5, 0.6) is 5.75 Å². The fourth-order valence-electron chi connectivity index (χ4n) is 4.27. The van der Waals surface area contributed by atoms with Crippen LogP contribution in [0.1, 0.15) is 18.4 Å². The maximum Gasteiger partial charge on any atom is 0.328 e. The quantitative estimate of drug-likeness (QED) is 0.410. The number of rotatable bonds is 9. The number of carboxylic acids is 2. The van der Waals surface area contributed by atoms with E-state index < -0.39 is 11.9 Å². The van der Waals surface area contributed by atoms with E-state index in [1.54, 1.807) is 7.11 Å². The molecule has 0 saturated carbocycles. The molecule has 0 unspecified atom stereocenters. The van der Waals surface area contributed by atoms with Crippen molar-refractivity contribution in [2.45, 2.75) is 12.8 Å². The van der Waals surface area contributed by atoms with Gasteiger partial charge in [-0.1, -0.05) is 48.5 Å². The Morgan fingerprint density at radius 2 is 1.78 bits per heavy atom. The number of carbonyl (C=O) groups is 2. The van der Waals surface area contributed by atoms with Crippen LogP contribution in [0.4, 0.5) is 5.82 Å². The first-order chi connectivity index (χ1) is 17.9. The number of aromatic nitrogens is 1. The largest absolute Gasteiger partial charge is 0.493 e. The molecule has 8 heteroatoms. The number of fused-ring (bicyclic) bond motifs is 1. The van der Waals surface area contributed by atoms with Crippen molar-refractivity contribution in [2.75, 3.05) is 45.2 Å². The Kier molecular flexibility index (Phi) is 10.2. The molecular weight excluding hydrogens is 470 g/mol. The number of hydrogen-bond donors (Lipinski definition) is 2. The summed E-state index contributed by atoms with van der Waals surface area (Å²) in [6.45, 7) is 4.20. The van der Waals surface area contributed by atoms with Crippen molar-refractivity contribution in [1.82, 2.24) is 9.88 Å². The zero-order valence-electron chi connectivity index (χ0n) is 21.2. The minimum absolute atomic E-state index is 0.558. The standard InChI is InChI=1S/C25H29N3O.C4H4O4/c1-27(25-24(29-2)12-6-15-26-25)16-7-17-28-18-13-21(14-19-28)23-11-5-9-20-8-3-4-10-22(20)23;5-3(6)1-2-4(7)8/h3-6,8-13,15H,7,14,16-19H2,1-2H3;1-2H,(H,5,6)(H,7,8)/b;2-1+. The van der Waals surface area contributed by atoms with Gasteiger partial charge >= 0.3 is 11.9 Å². The summed E-state index contributed by atoms with van der Waals surface area (Å²) in [6.07, 6.45) is 7.56. The van der Waals surface area contributed by atoms with Gasteiger partial charge in [-0.05, 0) is 46.9 Å². The van der Waals surface area contributed by atoms with Crippen LogP contribution in [0.15, 0.2) is 79.0 Å². The summed E-state index contributed by atoms with van der Waals surface area (Å²) in [5.41, 5.74) is 2.87. The zero-order valence-corrected chi connectivity index (χ0v) is 21.2. The Hall–Kier alpha value is -4.17. The second-order valence-corrected chi connectivity index (χ2v) is 8.62. The van der Waals surface area contributed by atoms with Gasteiger partial charge in [0.25, 0.3) is 0 Å². The van der Waals surface area contributed by atoms with Crippen LogP contribution in [0.25, 0.3) is 16.3 Å². The van der Waals surface area contributed by atoms with E-state index in [0.717, 1.165) is 50.6 Å². The molecule has 3 aromatic rings. The van der Waals surface area contributed by atoms with Gasteiger partial charge in [0.15, 0.2) is 11.6 Å². The first-order valence-electron chi connectivity index (χ1n) is 12.1. The minimum Gasteiger partial charge on any atom is -0.493 e. The molecule has 0 saturated heterocycles. The van der Waals surface area contributed by atoms with Gasteiger partial charge in [-0.2, -0.15) is 0 Å². The van der Waals surface area contributed by atoms with Gasteiger partial charge in [-0.15, -0.1) is 0 Å². The van der Waals surface area contributed by atoms with Gasteiger partial charge < -0.3 is 19.8 Å². The van der Waals surface area contributed by atoms with Gasteiger partial charge in [0.1, 0.15) is 0 Å². The molecule has 1 aliphatic rings. The third-order valence-electron chi connectivity index (χ3n) is 6.10. The number of hydrogen-bond acceptors (Lipinski definition) is 6. The van der Waals surface area contributed by atoms with E-state index in [4.69, 9.17) is 14.9 Å². The van der Waals surface area contributed by atoms with Crippen LogP contribution in [0.3, 0.4) is 0 Å². The van der Waals surface area contributed by atoms with E-state index in [1.165, 1.54) is 21.9 Å². The second-order valence-electron chi connectivity index (χ2n) is 8.62. The lowest BCUT2D eigenvalue weighted by molar-refractivity contribution is -0.134. The predicted octanol–water partition coefficient (Wildman–Crippen LogP) is 4.57. The van der Waals surface area contributed by atoms with Gasteiger partial charge in [0.2, 0.25) is 0 Å². The van der Waals surface area contributed by atoms with Gasteiger partial charge in [-0.3, -0.25) is 4.90 Å². The number of benzene rings is 2. The number of aliphatic carboxylic acids is 2. The van der Waals surface area contributed by atoms with Crippen LogP contribution in [-0.2, 0) is 9.59 Å². The van der Waals surface area contributed by atoms with Gasteiger partial charge in [-0.25, -0.2) is 14.6 Å². The highest BCUT2D eigenvalue weighted by Gasteiger charge is 2.15. The van der Waals surface area contributed by atoms with Crippen LogP contribution in [0.2, 0.25) is 0 Å². The molecule has 8 nitrogen and oxygen atoms in total. The summed E-state index contributed by atoms with van der Waals surface area (Å²) in [5, 5.41) is 18.3. The molecule has 0 bridgehead atoms. The average Bonchev–Trinajstić information content (AvgIpc) is 2.92. The highest BCUT2D eigenvalue weighted by atomic mass is 16.5. The number of nitrogens with zero attached hydrogens (tertiary/aromatic N) is 3. The molecule has 1 aliphatic heterocycles. The van der Waals surface area contributed by atoms with E-state index in [0.29, 0.717) is 12.2 Å². The third-order valence-corrected chi connectivity index (χ3v) is 6.10. The smallest absolute Gasteiger partial charge is 0.328 e. The van der Waals surface area contributed by atoms with Crippen molar-refractivity contribution in [3.63, 3.8) is 0 Å². The summed E-state index contributed by atoms with van der Waals surface area (Å²) in [4.78, 5) is 28.3. The lowest BCUT2D eigenvalue weighted by Gasteiger charge is -2.28. The number of methoxy groups -OCH3 is 1. The molecule has 0 radical (unpaired) electrons. The van der Waals surface area contributed by atoms with E-state index in [9.17, 15) is 9.59 Å². The normalized spacial score (nSPS) is 13.5. The highest BCUT2D eigenvalue weighted by Crippen LogP contribution is 2.29. The summed E-state index contributed by atoms with van der Waals surface area (Å²) >= 11 is 0. The number of carboxylic acid groups (broad SMARTS) is 2. The monoisotopic (exact) mass is 503 g/mol. The molecule has 1 aromatic heterocycles. The molecule has 0 fully saturated rings. The first-order valence-corrected chi connectivity index (χ1v) is 12.1.